The quantitative estimate of drug-likeness (QED) is 0.827. The third-order valence-electron chi connectivity index (χ3n) is 4.88. The maximum absolute atomic E-state index is 12.8. The number of likely N-dealkylation sites (N-methyl/N-ethyl adjacent to an activating group) is 2. The molecule has 2 rings (SSSR count). The normalized spacial score (nSPS) is 19.0. The van der Waals surface area contributed by atoms with Crippen molar-refractivity contribution in [1.82, 2.24) is 15.1 Å². The minimum Gasteiger partial charge on any atom is -0.358 e. The molecule has 5 heteroatoms. The first-order valence-electron chi connectivity index (χ1n) is 8.92. The van der Waals surface area contributed by atoms with Crippen LogP contribution >= 0.6 is 0 Å². The molecule has 1 N–H and O–H groups in total. The molecular formula is C19H29N3O2. The van der Waals surface area contributed by atoms with E-state index in [1.165, 1.54) is 0 Å². The fraction of sp³-hybridized carbons (Fsp3) is 0.579. The fourth-order valence-corrected chi connectivity index (χ4v) is 3.54. The number of nitrogens with one attached hydrogen (secondary N) is 1. The number of hydrogen-bond acceptors (Lipinski definition) is 3. The van der Waals surface area contributed by atoms with E-state index in [0.29, 0.717) is 19.5 Å². The standard InChI is InChI=1S/C19H29N3O2/c1-4-21(5-2)19(24)16-12-9-13-22(16)17(18(23)20-3)14-15-10-7-6-8-11-15/h6-8,10-11,16-17H,4-5,9,12-14H2,1-3H3,(H,20,23)/t16-,17+/m0/s1. The lowest BCUT2D eigenvalue weighted by atomic mass is 10.0. The molecule has 5 nitrogen and oxygen atoms in total. The molecule has 0 aromatic heterocycles. The van der Waals surface area contributed by atoms with Crippen molar-refractivity contribution >= 4 is 11.8 Å². The van der Waals surface area contributed by atoms with E-state index in [1.807, 2.05) is 49.1 Å². The van der Waals surface area contributed by atoms with Gasteiger partial charge in [-0.1, -0.05) is 30.3 Å². The topological polar surface area (TPSA) is 52.7 Å². The zero-order valence-electron chi connectivity index (χ0n) is 15.0. The van der Waals surface area contributed by atoms with E-state index in [4.69, 9.17) is 0 Å². The highest BCUT2D eigenvalue weighted by atomic mass is 16.2. The van der Waals surface area contributed by atoms with Crippen LogP contribution in [0.5, 0.6) is 0 Å². The molecule has 0 aliphatic carbocycles. The zero-order valence-corrected chi connectivity index (χ0v) is 15.0. The Morgan fingerprint density at radius 3 is 2.50 bits per heavy atom. The van der Waals surface area contributed by atoms with Crippen LogP contribution in [0.15, 0.2) is 30.3 Å². The van der Waals surface area contributed by atoms with Gasteiger partial charge in [0.25, 0.3) is 0 Å². The van der Waals surface area contributed by atoms with Gasteiger partial charge in [0.05, 0.1) is 12.1 Å². The molecule has 2 amide bonds. The van der Waals surface area contributed by atoms with Gasteiger partial charge in [0, 0.05) is 20.1 Å². The summed E-state index contributed by atoms with van der Waals surface area (Å²) in [7, 11) is 1.66. The molecule has 0 saturated carbocycles. The van der Waals surface area contributed by atoms with E-state index in [-0.39, 0.29) is 23.9 Å². The Kier molecular flexibility index (Phi) is 6.79. The summed E-state index contributed by atoms with van der Waals surface area (Å²) in [4.78, 5) is 29.3. The van der Waals surface area contributed by atoms with Crippen LogP contribution in [0.4, 0.5) is 0 Å². The highest BCUT2D eigenvalue weighted by Gasteiger charge is 2.39. The molecule has 0 radical (unpaired) electrons. The van der Waals surface area contributed by atoms with Crippen LogP contribution in [0.1, 0.15) is 32.3 Å². The molecule has 2 atom stereocenters. The summed E-state index contributed by atoms with van der Waals surface area (Å²) in [5, 5.41) is 2.77. The number of likely N-dealkylation sites (tertiary alicyclic amines) is 1. The molecule has 1 fully saturated rings. The van der Waals surface area contributed by atoms with E-state index in [9.17, 15) is 9.59 Å². The monoisotopic (exact) mass is 331 g/mol. The molecule has 0 bridgehead atoms. The second-order valence-corrected chi connectivity index (χ2v) is 6.23. The van der Waals surface area contributed by atoms with Crippen molar-refractivity contribution in [2.75, 3.05) is 26.7 Å². The predicted octanol–water partition coefficient (Wildman–Crippen LogP) is 1.68. The Labute approximate surface area is 145 Å². The molecule has 0 unspecified atom stereocenters. The van der Waals surface area contributed by atoms with Crippen LogP contribution in [-0.4, -0.2) is 60.4 Å². The van der Waals surface area contributed by atoms with Crippen LogP contribution in [0.3, 0.4) is 0 Å². The largest absolute Gasteiger partial charge is 0.358 e. The number of carbonyl (C=O) groups excluding carboxylic acids is 2. The van der Waals surface area contributed by atoms with Crippen LogP contribution in [0, 0.1) is 0 Å². The van der Waals surface area contributed by atoms with Crippen molar-refractivity contribution in [3.05, 3.63) is 35.9 Å². The van der Waals surface area contributed by atoms with Gasteiger partial charge >= 0.3 is 0 Å². The lowest BCUT2D eigenvalue weighted by Crippen LogP contribution is -2.54. The number of benzene rings is 1. The van der Waals surface area contributed by atoms with Gasteiger partial charge in [0.2, 0.25) is 11.8 Å². The molecule has 132 valence electrons. The highest BCUT2D eigenvalue weighted by Crippen LogP contribution is 2.24. The van der Waals surface area contributed by atoms with Crippen molar-refractivity contribution < 1.29 is 9.59 Å². The van der Waals surface area contributed by atoms with Gasteiger partial charge in [-0.15, -0.1) is 0 Å². The van der Waals surface area contributed by atoms with Gasteiger partial charge in [-0.25, -0.2) is 0 Å². The van der Waals surface area contributed by atoms with E-state index in [0.717, 1.165) is 24.9 Å². The summed E-state index contributed by atoms with van der Waals surface area (Å²) in [6, 6.07) is 9.53. The van der Waals surface area contributed by atoms with Crippen molar-refractivity contribution in [3.8, 4) is 0 Å². The number of rotatable bonds is 7. The lowest BCUT2D eigenvalue weighted by molar-refractivity contribution is -0.138. The van der Waals surface area contributed by atoms with Crippen molar-refractivity contribution in [1.29, 1.82) is 0 Å². The van der Waals surface area contributed by atoms with Crippen LogP contribution in [0.2, 0.25) is 0 Å². The first-order chi connectivity index (χ1) is 11.6. The second-order valence-electron chi connectivity index (χ2n) is 6.23. The zero-order chi connectivity index (χ0) is 17.5. The maximum atomic E-state index is 12.8. The summed E-state index contributed by atoms with van der Waals surface area (Å²) < 4.78 is 0. The Balaban J connectivity index is 2.21. The SMILES string of the molecule is CCN(CC)C(=O)[C@@H]1CCCN1[C@H](Cc1ccccc1)C(=O)NC. The number of nitrogens with zero attached hydrogens (tertiary/aromatic N) is 2. The lowest BCUT2D eigenvalue weighted by Gasteiger charge is -2.34. The summed E-state index contributed by atoms with van der Waals surface area (Å²) in [6.07, 6.45) is 2.42. The molecular weight excluding hydrogens is 302 g/mol. The Bertz CT molecular complexity index is 543. The summed E-state index contributed by atoms with van der Waals surface area (Å²) in [5.74, 6) is 0.137. The predicted molar refractivity (Wildman–Crippen MR) is 95.7 cm³/mol. The van der Waals surface area contributed by atoms with Crippen LogP contribution in [0.25, 0.3) is 0 Å². The minimum absolute atomic E-state index is 0.0156. The van der Waals surface area contributed by atoms with Crippen molar-refractivity contribution in [2.45, 2.75) is 45.2 Å². The number of amides is 2. The van der Waals surface area contributed by atoms with E-state index < -0.39 is 0 Å². The molecule has 24 heavy (non-hydrogen) atoms. The van der Waals surface area contributed by atoms with Gasteiger partial charge in [-0.3, -0.25) is 14.5 Å². The Hall–Kier alpha value is -1.88. The molecule has 1 aromatic carbocycles. The molecule has 1 aromatic rings. The second kappa shape index (κ2) is 8.83. The van der Waals surface area contributed by atoms with Gasteiger partial charge in [-0.2, -0.15) is 0 Å². The minimum atomic E-state index is -0.301. The van der Waals surface area contributed by atoms with Crippen molar-refractivity contribution in [2.24, 2.45) is 0 Å². The summed E-state index contributed by atoms with van der Waals surface area (Å²) in [6.45, 7) is 6.22. The third kappa shape index (κ3) is 4.15. The van der Waals surface area contributed by atoms with Gasteiger partial charge in [0.15, 0.2) is 0 Å². The summed E-state index contributed by atoms with van der Waals surface area (Å²) >= 11 is 0. The highest BCUT2D eigenvalue weighted by molar-refractivity contribution is 5.85. The summed E-state index contributed by atoms with van der Waals surface area (Å²) in [5.41, 5.74) is 1.12. The Morgan fingerprint density at radius 2 is 1.92 bits per heavy atom. The van der Waals surface area contributed by atoms with E-state index in [1.54, 1.807) is 7.05 Å². The molecule has 1 heterocycles. The van der Waals surface area contributed by atoms with Gasteiger partial charge in [-0.05, 0) is 45.2 Å². The van der Waals surface area contributed by atoms with Gasteiger partial charge in [0.1, 0.15) is 0 Å². The van der Waals surface area contributed by atoms with Crippen molar-refractivity contribution in [3.63, 3.8) is 0 Å². The smallest absolute Gasteiger partial charge is 0.239 e. The number of carbonyl (C=O) groups is 2. The average Bonchev–Trinajstić information content (AvgIpc) is 3.10. The van der Waals surface area contributed by atoms with Crippen LogP contribution in [-0.2, 0) is 16.0 Å². The molecule has 0 spiro atoms. The fourth-order valence-electron chi connectivity index (χ4n) is 3.54. The van der Waals surface area contributed by atoms with E-state index in [2.05, 4.69) is 10.2 Å². The van der Waals surface area contributed by atoms with Gasteiger partial charge < -0.3 is 10.2 Å². The average molecular weight is 331 g/mol. The number of hydrogen-bond donors (Lipinski definition) is 1. The molecule has 1 aliphatic heterocycles. The molecule has 1 aliphatic rings. The van der Waals surface area contributed by atoms with Crippen LogP contribution < -0.4 is 5.32 Å². The Morgan fingerprint density at radius 1 is 1.25 bits per heavy atom. The van der Waals surface area contributed by atoms with E-state index >= 15 is 0 Å². The molecule has 1 saturated heterocycles. The first-order valence-corrected chi connectivity index (χ1v) is 8.92. The third-order valence-corrected chi connectivity index (χ3v) is 4.88. The maximum Gasteiger partial charge on any atom is 0.239 e. The first kappa shape index (κ1) is 18.5.